The van der Waals surface area contributed by atoms with E-state index in [1.54, 1.807) is 0 Å². The first-order valence-electron chi connectivity index (χ1n) is 7.13. The molecular weight excluding hydrogens is 256 g/mol. The van der Waals surface area contributed by atoms with Gasteiger partial charge >= 0.3 is 0 Å². The molecule has 0 saturated carbocycles. The molecule has 1 aromatic rings. The van der Waals surface area contributed by atoms with Crippen LogP contribution in [0.2, 0.25) is 11.1 Å². The van der Waals surface area contributed by atoms with E-state index in [4.69, 9.17) is 11.1 Å². The van der Waals surface area contributed by atoms with Crippen LogP contribution in [0.25, 0.3) is 0 Å². The zero-order valence-corrected chi connectivity index (χ0v) is 14.4. The predicted octanol–water partition coefficient (Wildman–Crippen LogP) is 5.29. The number of hydrogen-bond donors (Lipinski definition) is 0. The van der Waals surface area contributed by atoms with Crippen LogP contribution in [-0.4, -0.2) is 7.38 Å². The third-order valence-corrected chi connectivity index (χ3v) is 12.1. The summed E-state index contributed by atoms with van der Waals surface area (Å²) in [6.07, 6.45) is 2.35. The van der Waals surface area contributed by atoms with Gasteiger partial charge in [-0.15, -0.1) is 0 Å². The Labute approximate surface area is 118 Å². The molecule has 0 radical (unpaired) electrons. The van der Waals surface area contributed by atoms with Crippen LogP contribution in [0.5, 0.6) is 0 Å². The van der Waals surface area contributed by atoms with Crippen molar-refractivity contribution in [2.45, 2.75) is 65.5 Å². The summed E-state index contributed by atoms with van der Waals surface area (Å²) < 4.78 is 0. The number of benzene rings is 1. The first-order valence-corrected chi connectivity index (χ1v) is 10.3. The number of rotatable bonds is 5. The molecule has 1 rings (SSSR count). The maximum absolute atomic E-state index is 7.25. The molecule has 1 aromatic carbocycles. The Hall–Kier alpha value is -0.273. The van der Waals surface area contributed by atoms with E-state index in [-0.39, 0.29) is 0 Å². The minimum absolute atomic E-state index is 0.621. The van der Waals surface area contributed by atoms with Gasteiger partial charge in [-0.2, -0.15) is 11.1 Å². The lowest BCUT2D eigenvalue weighted by Gasteiger charge is -2.36. The quantitative estimate of drug-likeness (QED) is 0.508. The average Bonchev–Trinajstić information content (AvgIpc) is 2.34. The van der Waals surface area contributed by atoms with Gasteiger partial charge in [0.2, 0.25) is 0 Å². The van der Waals surface area contributed by atoms with E-state index in [1.165, 1.54) is 29.2 Å². The summed E-state index contributed by atoms with van der Waals surface area (Å²) in [4.78, 5) is 0. The highest BCUT2D eigenvalue weighted by Crippen LogP contribution is 2.40. The third-order valence-electron chi connectivity index (χ3n) is 4.32. The van der Waals surface area contributed by atoms with E-state index in [0.717, 1.165) is 0 Å². The summed E-state index contributed by atoms with van der Waals surface area (Å²) in [5.41, 5.74) is 3.92. The van der Waals surface area contributed by atoms with Gasteiger partial charge in [-0.3, -0.25) is 0 Å². The topological polar surface area (TPSA) is 0 Å². The molecule has 0 aliphatic carbocycles. The van der Waals surface area contributed by atoms with Crippen molar-refractivity contribution in [3.05, 3.63) is 29.3 Å². The van der Waals surface area contributed by atoms with E-state index < -0.39 is 7.38 Å². The second-order valence-electron chi connectivity index (χ2n) is 5.76. The van der Waals surface area contributed by atoms with Crippen LogP contribution in [0, 0.1) is 13.8 Å². The molecular formula is C16H27ClSi. The Morgan fingerprint density at radius 3 is 1.67 bits per heavy atom. The molecule has 0 spiro atoms. The standard InChI is InChI=1S/C16H27ClSi/c1-7-14(5)18(17,15(6)8-2)16-10-12(3)9-13(4)11-16/h9-11,14-15H,7-8H2,1-6H3. The molecule has 0 fully saturated rings. The zero-order chi connectivity index (χ0) is 13.9. The second kappa shape index (κ2) is 6.25. The Bertz CT molecular complexity index is 370. The van der Waals surface area contributed by atoms with Crippen LogP contribution in [0.15, 0.2) is 18.2 Å². The second-order valence-corrected chi connectivity index (χ2v) is 11.7. The molecule has 18 heavy (non-hydrogen) atoms. The Morgan fingerprint density at radius 2 is 1.33 bits per heavy atom. The molecule has 0 aliphatic rings. The largest absolute Gasteiger partial charge is 0.192 e. The van der Waals surface area contributed by atoms with Gasteiger partial charge in [0, 0.05) is 0 Å². The molecule has 0 aliphatic heterocycles. The van der Waals surface area contributed by atoms with Gasteiger partial charge in [-0.05, 0) is 30.1 Å². The molecule has 2 heteroatoms. The van der Waals surface area contributed by atoms with Crippen LogP contribution in [0.1, 0.15) is 51.7 Å². The van der Waals surface area contributed by atoms with Gasteiger partial charge in [-0.1, -0.05) is 69.9 Å². The summed E-state index contributed by atoms with van der Waals surface area (Å²) in [5.74, 6) is 0. The molecule has 102 valence electrons. The van der Waals surface area contributed by atoms with Crippen LogP contribution < -0.4 is 5.19 Å². The lowest BCUT2D eigenvalue weighted by atomic mass is 10.2. The van der Waals surface area contributed by atoms with Gasteiger partial charge in [0.05, 0.1) is 0 Å². The van der Waals surface area contributed by atoms with Crippen molar-refractivity contribution in [1.82, 2.24) is 0 Å². The average molecular weight is 283 g/mol. The van der Waals surface area contributed by atoms with Gasteiger partial charge in [0.15, 0.2) is 7.38 Å². The first kappa shape index (κ1) is 15.8. The molecule has 0 N–H and O–H groups in total. The maximum atomic E-state index is 7.25. The number of aryl methyl sites for hydroxylation is 2. The van der Waals surface area contributed by atoms with Crippen molar-refractivity contribution >= 4 is 23.6 Å². The summed E-state index contributed by atoms with van der Waals surface area (Å²) >= 11 is 7.25. The van der Waals surface area contributed by atoms with Crippen molar-refractivity contribution in [2.24, 2.45) is 0 Å². The van der Waals surface area contributed by atoms with Crippen molar-refractivity contribution in [2.75, 3.05) is 0 Å². The zero-order valence-electron chi connectivity index (χ0n) is 12.7. The molecule has 0 bridgehead atoms. The van der Waals surface area contributed by atoms with Gasteiger partial charge in [0.25, 0.3) is 0 Å². The summed E-state index contributed by atoms with van der Waals surface area (Å²) in [5, 5.41) is 1.44. The monoisotopic (exact) mass is 282 g/mol. The molecule has 2 atom stereocenters. The SMILES string of the molecule is CCC(C)[Si](Cl)(c1cc(C)cc(C)c1)C(C)CC. The predicted molar refractivity (Wildman–Crippen MR) is 86.6 cm³/mol. The van der Waals surface area contributed by atoms with Crippen molar-refractivity contribution in [3.63, 3.8) is 0 Å². The molecule has 0 amide bonds. The number of hydrogen-bond acceptors (Lipinski definition) is 0. The van der Waals surface area contributed by atoms with Crippen LogP contribution in [0.4, 0.5) is 0 Å². The van der Waals surface area contributed by atoms with E-state index >= 15 is 0 Å². The fourth-order valence-corrected chi connectivity index (χ4v) is 8.29. The minimum Gasteiger partial charge on any atom is -0.160 e. The van der Waals surface area contributed by atoms with Crippen molar-refractivity contribution in [3.8, 4) is 0 Å². The van der Waals surface area contributed by atoms with Crippen LogP contribution >= 0.6 is 11.1 Å². The molecule has 0 aromatic heterocycles. The fourth-order valence-electron chi connectivity index (χ4n) is 2.84. The highest BCUT2D eigenvalue weighted by Gasteiger charge is 2.42. The fraction of sp³-hybridized carbons (Fsp3) is 0.625. The maximum Gasteiger partial charge on any atom is 0.192 e. The molecule has 0 heterocycles. The van der Waals surface area contributed by atoms with E-state index in [2.05, 4.69) is 59.7 Å². The normalized spacial score (nSPS) is 18.2. The lowest BCUT2D eigenvalue weighted by Crippen LogP contribution is -2.49. The van der Waals surface area contributed by atoms with Crippen molar-refractivity contribution in [1.29, 1.82) is 0 Å². The molecule has 0 saturated heterocycles. The van der Waals surface area contributed by atoms with Gasteiger partial charge < -0.3 is 0 Å². The third kappa shape index (κ3) is 3.00. The number of halogens is 1. The van der Waals surface area contributed by atoms with Crippen molar-refractivity contribution < 1.29 is 0 Å². The highest BCUT2D eigenvalue weighted by molar-refractivity contribution is 7.28. The molecule has 2 unspecified atom stereocenters. The van der Waals surface area contributed by atoms with E-state index in [1.807, 2.05) is 0 Å². The summed E-state index contributed by atoms with van der Waals surface area (Å²) in [6, 6.07) is 6.89. The minimum atomic E-state index is -1.92. The van der Waals surface area contributed by atoms with E-state index in [9.17, 15) is 0 Å². The smallest absolute Gasteiger partial charge is 0.160 e. The molecule has 0 nitrogen and oxygen atoms in total. The highest BCUT2D eigenvalue weighted by atomic mass is 35.6. The van der Waals surface area contributed by atoms with Crippen LogP contribution in [0.3, 0.4) is 0 Å². The van der Waals surface area contributed by atoms with Gasteiger partial charge in [0.1, 0.15) is 0 Å². The van der Waals surface area contributed by atoms with Crippen LogP contribution in [-0.2, 0) is 0 Å². The Morgan fingerprint density at radius 1 is 0.944 bits per heavy atom. The Kier molecular flexibility index (Phi) is 5.48. The van der Waals surface area contributed by atoms with E-state index in [0.29, 0.717) is 11.1 Å². The summed E-state index contributed by atoms with van der Waals surface area (Å²) in [6.45, 7) is 13.6. The first-order chi connectivity index (χ1) is 8.36. The lowest BCUT2D eigenvalue weighted by molar-refractivity contribution is 0.782. The van der Waals surface area contributed by atoms with Gasteiger partial charge in [-0.25, -0.2) is 0 Å². The summed E-state index contributed by atoms with van der Waals surface area (Å²) in [7, 11) is -1.92. The Balaban J connectivity index is 3.33.